The molecule has 2 aromatic carbocycles. The predicted molar refractivity (Wildman–Crippen MR) is 102 cm³/mol. The summed E-state index contributed by atoms with van der Waals surface area (Å²) in [5.74, 6) is 0.0109. The first kappa shape index (κ1) is 18.7. The summed E-state index contributed by atoms with van der Waals surface area (Å²) in [4.78, 5) is 14.7. The van der Waals surface area contributed by atoms with Crippen LogP contribution in [0.3, 0.4) is 0 Å². The smallest absolute Gasteiger partial charge is 0.261 e. The van der Waals surface area contributed by atoms with Gasteiger partial charge < -0.3 is 10.6 Å². The van der Waals surface area contributed by atoms with Gasteiger partial charge in [0, 0.05) is 18.1 Å². The van der Waals surface area contributed by atoms with Crippen LogP contribution in [-0.2, 0) is 10.0 Å². The second-order valence-electron chi connectivity index (χ2n) is 6.25. The zero-order valence-electron chi connectivity index (χ0n) is 14.1. The van der Waals surface area contributed by atoms with Gasteiger partial charge in [-0.3, -0.25) is 9.52 Å². The molecule has 1 aliphatic heterocycles. The summed E-state index contributed by atoms with van der Waals surface area (Å²) >= 11 is 6.04. The number of carbonyl (C=O) groups is 1. The van der Waals surface area contributed by atoms with Gasteiger partial charge in [-0.1, -0.05) is 29.8 Å². The molecule has 6 nitrogen and oxygen atoms in total. The number of nitrogens with one attached hydrogen (secondary N) is 1. The summed E-state index contributed by atoms with van der Waals surface area (Å²) in [6.45, 7) is 1.68. The van der Waals surface area contributed by atoms with Crippen molar-refractivity contribution < 1.29 is 13.2 Å². The largest absolute Gasteiger partial charge is 0.338 e. The van der Waals surface area contributed by atoms with E-state index in [0.29, 0.717) is 24.7 Å². The molecule has 1 fully saturated rings. The SMILES string of the molecule is NCC1CCN(C(=O)c2cc(Cl)ccc2NS(=O)(=O)c2ccccc2)C1. The molecule has 1 unspecified atom stereocenters. The Labute approximate surface area is 158 Å². The second-order valence-corrected chi connectivity index (χ2v) is 8.37. The lowest BCUT2D eigenvalue weighted by Crippen LogP contribution is -2.30. The Balaban J connectivity index is 1.90. The minimum atomic E-state index is -3.80. The van der Waals surface area contributed by atoms with Crippen LogP contribution in [0.2, 0.25) is 5.02 Å². The highest BCUT2D eigenvalue weighted by Gasteiger charge is 2.28. The number of halogens is 1. The van der Waals surface area contributed by atoms with Crippen molar-refractivity contribution in [2.75, 3.05) is 24.4 Å². The maximum atomic E-state index is 12.9. The van der Waals surface area contributed by atoms with Gasteiger partial charge in [-0.2, -0.15) is 0 Å². The fraction of sp³-hybridized carbons (Fsp3) is 0.278. The standard InChI is InChI=1S/C18H20ClN3O3S/c19-14-6-7-17(21-26(24,25)15-4-2-1-3-5-15)16(10-14)18(23)22-9-8-13(11-20)12-22/h1-7,10,13,21H,8-9,11-12,20H2. The highest BCUT2D eigenvalue weighted by Crippen LogP contribution is 2.27. The zero-order valence-corrected chi connectivity index (χ0v) is 15.6. The van der Waals surface area contributed by atoms with Gasteiger partial charge in [0.2, 0.25) is 0 Å². The summed E-state index contributed by atoms with van der Waals surface area (Å²) in [6, 6.07) is 12.5. The van der Waals surface area contributed by atoms with Crippen LogP contribution < -0.4 is 10.5 Å². The van der Waals surface area contributed by atoms with Gasteiger partial charge in [0.25, 0.3) is 15.9 Å². The van der Waals surface area contributed by atoms with Crippen molar-refractivity contribution in [1.82, 2.24) is 4.90 Å². The molecule has 1 saturated heterocycles. The van der Waals surface area contributed by atoms with E-state index in [1.165, 1.54) is 24.3 Å². The molecular weight excluding hydrogens is 374 g/mol. The van der Waals surface area contributed by atoms with Gasteiger partial charge in [0.1, 0.15) is 0 Å². The molecular formula is C18H20ClN3O3S. The van der Waals surface area contributed by atoms with Gasteiger partial charge >= 0.3 is 0 Å². The Kier molecular flexibility index (Phi) is 5.50. The zero-order chi connectivity index (χ0) is 18.7. The minimum Gasteiger partial charge on any atom is -0.338 e. The normalized spacial score (nSPS) is 17.3. The third-order valence-electron chi connectivity index (χ3n) is 4.42. The first-order chi connectivity index (χ1) is 12.4. The Morgan fingerprint density at radius 3 is 2.62 bits per heavy atom. The first-order valence-corrected chi connectivity index (χ1v) is 10.1. The molecule has 138 valence electrons. The van der Waals surface area contributed by atoms with E-state index in [2.05, 4.69) is 4.72 Å². The average molecular weight is 394 g/mol. The Morgan fingerprint density at radius 1 is 1.23 bits per heavy atom. The number of amides is 1. The lowest BCUT2D eigenvalue weighted by atomic mass is 10.1. The maximum absolute atomic E-state index is 12.9. The van der Waals surface area contributed by atoms with Crippen molar-refractivity contribution in [2.45, 2.75) is 11.3 Å². The van der Waals surface area contributed by atoms with Crippen molar-refractivity contribution in [1.29, 1.82) is 0 Å². The molecule has 8 heteroatoms. The van der Waals surface area contributed by atoms with Gasteiger partial charge in [-0.25, -0.2) is 8.42 Å². The fourth-order valence-electron chi connectivity index (χ4n) is 2.97. The molecule has 3 N–H and O–H groups in total. The number of likely N-dealkylation sites (tertiary alicyclic amines) is 1. The molecule has 1 atom stereocenters. The van der Waals surface area contributed by atoms with Crippen LogP contribution in [0, 0.1) is 5.92 Å². The number of nitrogens with zero attached hydrogens (tertiary/aromatic N) is 1. The van der Waals surface area contributed by atoms with Crippen molar-refractivity contribution >= 4 is 33.2 Å². The Hall–Kier alpha value is -2.09. The number of carbonyl (C=O) groups excluding carboxylic acids is 1. The van der Waals surface area contributed by atoms with Gasteiger partial charge in [0.15, 0.2) is 0 Å². The summed E-state index contributed by atoms with van der Waals surface area (Å²) in [7, 11) is -3.80. The molecule has 2 aromatic rings. The molecule has 0 saturated carbocycles. The quantitative estimate of drug-likeness (QED) is 0.816. The number of benzene rings is 2. The van der Waals surface area contributed by atoms with Crippen molar-refractivity contribution in [3.63, 3.8) is 0 Å². The summed E-state index contributed by atoms with van der Waals surface area (Å²) in [5, 5.41) is 0.366. The van der Waals surface area contributed by atoms with Gasteiger partial charge in [0.05, 0.1) is 16.1 Å². The van der Waals surface area contributed by atoms with E-state index in [0.717, 1.165) is 6.42 Å². The Bertz CT molecular complexity index is 903. The van der Waals surface area contributed by atoms with E-state index in [1.807, 2.05) is 0 Å². The monoisotopic (exact) mass is 393 g/mol. The lowest BCUT2D eigenvalue weighted by Gasteiger charge is -2.19. The highest BCUT2D eigenvalue weighted by molar-refractivity contribution is 7.92. The van der Waals surface area contributed by atoms with Crippen LogP contribution in [-0.4, -0.2) is 38.9 Å². The lowest BCUT2D eigenvalue weighted by molar-refractivity contribution is 0.0788. The number of anilines is 1. The van der Waals surface area contributed by atoms with Crippen LogP contribution in [0.15, 0.2) is 53.4 Å². The Morgan fingerprint density at radius 2 is 1.96 bits per heavy atom. The van der Waals surface area contributed by atoms with E-state index < -0.39 is 10.0 Å². The number of sulfonamides is 1. The average Bonchev–Trinajstić information content (AvgIpc) is 3.12. The molecule has 3 rings (SSSR count). The molecule has 0 radical (unpaired) electrons. The molecule has 1 aliphatic rings. The van der Waals surface area contributed by atoms with Crippen LogP contribution in [0.4, 0.5) is 5.69 Å². The number of nitrogens with two attached hydrogens (primary N) is 1. The van der Waals surface area contributed by atoms with Crippen LogP contribution in [0.1, 0.15) is 16.8 Å². The van der Waals surface area contributed by atoms with Crippen molar-refractivity contribution in [3.8, 4) is 0 Å². The minimum absolute atomic E-state index is 0.123. The van der Waals surface area contributed by atoms with E-state index >= 15 is 0 Å². The summed E-state index contributed by atoms with van der Waals surface area (Å²) in [6.07, 6.45) is 0.841. The number of rotatable bonds is 5. The van der Waals surface area contributed by atoms with E-state index in [4.69, 9.17) is 17.3 Å². The van der Waals surface area contributed by atoms with Crippen molar-refractivity contribution in [2.24, 2.45) is 11.7 Å². The maximum Gasteiger partial charge on any atom is 0.261 e. The van der Waals surface area contributed by atoms with Crippen molar-refractivity contribution in [3.05, 3.63) is 59.1 Å². The summed E-state index contributed by atoms with van der Waals surface area (Å²) in [5.41, 5.74) is 6.12. The molecule has 0 bridgehead atoms. The molecule has 0 aliphatic carbocycles. The molecule has 26 heavy (non-hydrogen) atoms. The van der Waals surface area contributed by atoms with Crippen LogP contribution in [0.5, 0.6) is 0 Å². The molecule has 0 aromatic heterocycles. The first-order valence-electron chi connectivity index (χ1n) is 8.27. The van der Waals surface area contributed by atoms with Crippen LogP contribution in [0.25, 0.3) is 0 Å². The topological polar surface area (TPSA) is 92.5 Å². The van der Waals surface area contributed by atoms with Crippen LogP contribution >= 0.6 is 11.6 Å². The number of hydrogen-bond donors (Lipinski definition) is 2. The third-order valence-corrected chi connectivity index (χ3v) is 6.03. The fourth-order valence-corrected chi connectivity index (χ4v) is 4.24. The van der Waals surface area contributed by atoms with E-state index in [9.17, 15) is 13.2 Å². The second kappa shape index (κ2) is 7.65. The number of hydrogen-bond acceptors (Lipinski definition) is 4. The van der Waals surface area contributed by atoms with E-state index in [1.54, 1.807) is 29.2 Å². The van der Waals surface area contributed by atoms with E-state index in [-0.39, 0.29) is 28.0 Å². The molecule has 1 amide bonds. The summed E-state index contributed by atoms with van der Waals surface area (Å²) < 4.78 is 27.7. The molecule has 1 heterocycles. The van der Waals surface area contributed by atoms with Gasteiger partial charge in [-0.05, 0) is 49.2 Å². The molecule has 0 spiro atoms. The predicted octanol–water partition coefficient (Wildman–Crippen LogP) is 2.56. The highest BCUT2D eigenvalue weighted by atomic mass is 35.5. The third kappa shape index (κ3) is 4.00. The van der Waals surface area contributed by atoms with Gasteiger partial charge in [-0.15, -0.1) is 0 Å².